The Kier molecular flexibility index (Phi) is 6.40. The molecule has 1 heterocycles. The van der Waals surface area contributed by atoms with Crippen LogP contribution < -0.4 is 9.80 Å². The summed E-state index contributed by atoms with van der Waals surface area (Å²) in [5, 5.41) is 0. The molecule has 0 aliphatic carbocycles. The zero-order chi connectivity index (χ0) is 22.7. The summed E-state index contributed by atoms with van der Waals surface area (Å²) in [6, 6.07) is 25.5. The topological polar surface area (TPSA) is 40.6 Å². The minimum absolute atomic E-state index is 0.0341. The molecule has 4 heteroatoms. The highest BCUT2D eigenvalue weighted by atomic mass is 16.2. The average molecular weight is 427 g/mol. The molecule has 3 aromatic carbocycles. The van der Waals surface area contributed by atoms with Crippen molar-refractivity contribution < 1.29 is 9.59 Å². The van der Waals surface area contributed by atoms with Crippen LogP contribution in [0.2, 0.25) is 0 Å². The van der Waals surface area contributed by atoms with Gasteiger partial charge in [-0.05, 0) is 47.7 Å². The molecule has 164 valence electrons. The maximum Gasteiger partial charge on any atom is 0.258 e. The van der Waals surface area contributed by atoms with Crippen molar-refractivity contribution in [1.29, 1.82) is 0 Å². The van der Waals surface area contributed by atoms with E-state index in [1.807, 2.05) is 66.4 Å². The Balaban J connectivity index is 1.69. The largest absolute Gasteiger partial charge is 0.306 e. The Hall–Kier alpha value is -3.40. The van der Waals surface area contributed by atoms with Gasteiger partial charge in [0, 0.05) is 12.1 Å². The molecule has 4 rings (SSSR count). The summed E-state index contributed by atoms with van der Waals surface area (Å²) in [6.07, 6.45) is 1.10. The van der Waals surface area contributed by atoms with Gasteiger partial charge in [-0.15, -0.1) is 0 Å². The van der Waals surface area contributed by atoms with Gasteiger partial charge in [0.1, 0.15) is 0 Å². The summed E-state index contributed by atoms with van der Waals surface area (Å²) in [5.41, 5.74) is 4.56. The van der Waals surface area contributed by atoms with Crippen molar-refractivity contribution in [3.05, 3.63) is 95.6 Å². The van der Waals surface area contributed by atoms with Gasteiger partial charge in [-0.1, -0.05) is 75.4 Å². The summed E-state index contributed by atoms with van der Waals surface area (Å²) in [6.45, 7) is 7.15. The van der Waals surface area contributed by atoms with Gasteiger partial charge < -0.3 is 9.80 Å². The van der Waals surface area contributed by atoms with Gasteiger partial charge in [0.05, 0.1) is 23.8 Å². The van der Waals surface area contributed by atoms with E-state index in [0.717, 1.165) is 23.4 Å². The number of amides is 2. The molecule has 0 radical (unpaired) electrons. The van der Waals surface area contributed by atoms with E-state index in [2.05, 4.69) is 38.1 Å². The lowest BCUT2D eigenvalue weighted by molar-refractivity contribution is -0.121. The monoisotopic (exact) mass is 426 g/mol. The fourth-order valence-corrected chi connectivity index (χ4v) is 4.22. The third-order valence-corrected chi connectivity index (χ3v) is 6.38. The van der Waals surface area contributed by atoms with Crippen LogP contribution >= 0.6 is 0 Å². The SMILES string of the molecule is CCC(C)c1ccc(CN2C(=O)C(C)CN(C(=O)c3ccccc3)c3ccccc32)cc1. The van der Waals surface area contributed by atoms with Gasteiger partial charge in [0.2, 0.25) is 5.91 Å². The second-order valence-corrected chi connectivity index (χ2v) is 8.65. The van der Waals surface area contributed by atoms with E-state index in [9.17, 15) is 9.59 Å². The third-order valence-electron chi connectivity index (χ3n) is 6.38. The summed E-state index contributed by atoms with van der Waals surface area (Å²) in [4.78, 5) is 30.4. The molecule has 0 saturated carbocycles. The van der Waals surface area contributed by atoms with Gasteiger partial charge in [0.25, 0.3) is 5.91 Å². The number of carbonyl (C=O) groups excluding carboxylic acids is 2. The number of benzene rings is 3. The van der Waals surface area contributed by atoms with Crippen LogP contribution in [0.5, 0.6) is 0 Å². The number of carbonyl (C=O) groups is 2. The van der Waals surface area contributed by atoms with Crippen LogP contribution in [-0.2, 0) is 11.3 Å². The molecule has 1 aliphatic heterocycles. The van der Waals surface area contributed by atoms with Crippen molar-refractivity contribution in [3.8, 4) is 0 Å². The third kappa shape index (κ3) is 4.31. The number of hydrogen-bond acceptors (Lipinski definition) is 2. The predicted molar refractivity (Wildman–Crippen MR) is 130 cm³/mol. The van der Waals surface area contributed by atoms with Crippen molar-refractivity contribution >= 4 is 23.2 Å². The lowest BCUT2D eigenvalue weighted by Gasteiger charge is -2.26. The highest BCUT2D eigenvalue weighted by Gasteiger charge is 2.34. The average Bonchev–Trinajstić information content (AvgIpc) is 2.94. The van der Waals surface area contributed by atoms with Crippen LogP contribution in [0.15, 0.2) is 78.9 Å². The summed E-state index contributed by atoms with van der Waals surface area (Å²) in [7, 11) is 0. The molecule has 2 atom stereocenters. The molecular formula is C28H30N2O2. The molecule has 1 aliphatic rings. The number of fused-ring (bicyclic) bond motifs is 1. The van der Waals surface area contributed by atoms with E-state index < -0.39 is 0 Å². The molecule has 0 spiro atoms. The number of rotatable bonds is 5. The Bertz CT molecular complexity index is 1090. The number of anilines is 2. The zero-order valence-electron chi connectivity index (χ0n) is 19.0. The maximum absolute atomic E-state index is 13.4. The van der Waals surface area contributed by atoms with Gasteiger partial charge >= 0.3 is 0 Å². The fraction of sp³-hybridized carbons (Fsp3) is 0.286. The van der Waals surface area contributed by atoms with Crippen LogP contribution in [0.1, 0.15) is 54.6 Å². The van der Waals surface area contributed by atoms with Crippen molar-refractivity contribution in [1.82, 2.24) is 0 Å². The molecule has 3 aromatic rings. The number of hydrogen-bond donors (Lipinski definition) is 0. The van der Waals surface area contributed by atoms with E-state index in [0.29, 0.717) is 24.6 Å². The second-order valence-electron chi connectivity index (χ2n) is 8.65. The van der Waals surface area contributed by atoms with E-state index in [1.165, 1.54) is 5.56 Å². The molecule has 2 amide bonds. The number of para-hydroxylation sites is 2. The quantitative estimate of drug-likeness (QED) is 0.500. The van der Waals surface area contributed by atoms with E-state index >= 15 is 0 Å². The van der Waals surface area contributed by atoms with Crippen molar-refractivity contribution in [2.24, 2.45) is 5.92 Å². The van der Waals surface area contributed by atoms with E-state index in [1.54, 1.807) is 4.90 Å². The first kappa shape index (κ1) is 21.8. The molecule has 2 unspecified atom stereocenters. The first-order valence-corrected chi connectivity index (χ1v) is 11.4. The Morgan fingerprint density at radius 1 is 0.938 bits per heavy atom. The molecule has 0 N–H and O–H groups in total. The maximum atomic E-state index is 13.4. The highest BCUT2D eigenvalue weighted by molar-refractivity contribution is 6.11. The van der Waals surface area contributed by atoms with Crippen LogP contribution in [0, 0.1) is 5.92 Å². The minimum Gasteiger partial charge on any atom is -0.306 e. The molecular weight excluding hydrogens is 396 g/mol. The Labute approximate surface area is 190 Å². The van der Waals surface area contributed by atoms with Crippen molar-refractivity contribution in [2.75, 3.05) is 16.3 Å². The van der Waals surface area contributed by atoms with Crippen molar-refractivity contribution in [3.63, 3.8) is 0 Å². The van der Waals surface area contributed by atoms with E-state index in [4.69, 9.17) is 0 Å². The Morgan fingerprint density at radius 3 is 2.22 bits per heavy atom. The predicted octanol–water partition coefficient (Wildman–Crippen LogP) is 6.03. The van der Waals surface area contributed by atoms with Crippen LogP contribution in [0.4, 0.5) is 11.4 Å². The molecule has 0 aromatic heterocycles. The zero-order valence-corrected chi connectivity index (χ0v) is 19.0. The standard InChI is InChI=1S/C28H30N2O2/c1-4-20(2)23-16-14-22(15-17-23)19-30-26-13-9-8-12-25(26)29(18-21(3)27(30)31)28(32)24-10-6-5-7-11-24/h5-17,20-21H,4,18-19H2,1-3H3. The van der Waals surface area contributed by atoms with Crippen LogP contribution in [0.3, 0.4) is 0 Å². The lowest BCUT2D eigenvalue weighted by atomic mass is 9.97. The van der Waals surface area contributed by atoms with Gasteiger partial charge in [-0.3, -0.25) is 9.59 Å². The smallest absolute Gasteiger partial charge is 0.258 e. The molecule has 0 fully saturated rings. The molecule has 32 heavy (non-hydrogen) atoms. The first-order valence-electron chi connectivity index (χ1n) is 11.4. The summed E-state index contributed by atoms with van der Waals surface area (Å²) < 4.78 is 0. The second kappa shape index (κ2) is 9.39. The fourth-order valence-electron chi connectivity index (χ4n) is 4.22. The van der Waals surface area contributed by atoms with Crippen LogP contribution in [-0.4, -0.2) is 18.4 Å². The number of nitrogens with zero attached hydrogens (tertiary/aromatic N) is 2. The highest BCUT2D eigenvalue weighted by Crippen LogP contribution is 2.36. The molecule has 0 saturated heterocycles. The van der Waals surface area contributed by atoms with Crippen LogP contribution in [0.25, 0.3) is 0 Å². The minimum atomic E-state index is -0.311. The normalized spacial score (nSPS) is 17.0. The first-order chi connectivity index (χ1) is 15.5. The summed E-state index contributed by atoms with van der Waals surface area (Å²) >= 11 is 0. The van der Waals surface area contributed by atoms with Gasteiger partial charge in [-0.2, -0.15) is 0 Å². The van der Waals surface area contributed by atoms with Crippen molar-refractivity contribution in [2.45, 2.75) is 39.7 Å². The van der Waals surface area contributed by atoms with Gasteiger partial charge in [-0.25, -0.2) is 0 Å². The lowest BCUT2D eigenvalue weighted by Crippen LogP contribution is -2.38. The Morgan fingerprint density at radius 2 is 1.56 bits per heavy atom. The molecule has 4 nitrogen and oxygen atoms in total. The summed E-state index contributed by atoms with van der Waals surface area (Å²) in [5.74, 6) is 0.154. The van der Waals surface area contributed by atoms with Gasteiger partial charge in [0.15, 0.2) is 0 Å². The van der Waals surface area contributed by atoms with E-state index in [-0.39, 0.29) is 17.7 Å². The molecule has 0 bridgehead atoms.